The van der Waals surface area contributed by atoms with Gasteiger partial charge in [-0.25, -0.2) is 8.78 Å². The number of ether oxygens (including phenoxy) is 2. The molecule has 0 radical (unpaired) electrons. The fourth-order valence-corrected chi connectivity index (χ4v) is 9.14. The first kappa shape index (κ1) is 28.3. The van der Waals surface area contributed by atoms with E-state index in [1.807, 2.05) is 0 Å². The van der Waals surface area contributed by atoms with E-state index in [1.54, 1.807) is 0 Å². The van der Waals surface area contributed by atoms with E-state index in [0.29, 0.717) is 36.3 Å². The topological polar surface area (TPSA) is 83.0 Å². The lowest BCUT2D eigenvalue weighted by Crippen LogP contribution is -2.60. The zero-order valence-electron chi connectivity index (χ0n) is 25.1. The summed E-state index contributed by atoms with van der Waals surface area (Å²) >= 11 is 7.10. The molecule has 2 bridgehead atoms. The Morgan fingerprint density at radius 2 is 1.98 bits per heavy atom. The van der Waals surface area contributed by atoms with E-state index in [9.17, 15) is 5.11 Å². The third-order valence-corrected chi connectivity index (χ3v) is 11.3. The summed E-state index contributed by atoms with van der Waals surface area (Å²) in [4.78, 5) is 14.3. The summed E-state index contributed by atoms with van der Waals surface area (Å²) in [5.41, 5.74) is -0.0686. The zero-order chi connectivity index (χ0) is 31.3. The molecule has 3 atom stereocenters. The monoisotopic (exact) mass is 643 g/mol. The van der Waals surface area contributed by atoms with Gasteiger partial charge in [-0.3, -0.25) is 4.90 Å². The number of nitrogens with zero attached hydrogens (tertiary/aromatic N) is 4. The molecule has 0 aliphatic carbocycles. The van der Waals surface area contributed by atoms with Crippen molar-refractivity contribution in [1.82, 2.24) is 20.2 Å². The Labute approximate surface area is 269 Å². The lowest BCUT2D eigenvalue weighted by molar-refractivity contribution is 0.108. The molecule has 46 heavy (non-hydrogen) atoms. The predicted octanol–water partition coefficient (Wildman–Crippen LogP) is 5.78. The fourth-order valence-electron chi connectivity index (χ4n) is 8.81. The van der Waals surface area contributed by atoms with Crippen LogP contribution in [-0.4, -0.2) is 76.5 Å². The van der Waals surface area contributed by atoms with Gasteiger partial charge in [0, 0.05) is 29.6 Å². The van der Waals surface area contributed by atoms with Gasteiger partial charge in [-0.05, 0) is 80.8 Å². The third kappa shape index (κ3) is 4.04. The molecule has 5 aliphatic rings. The minimum absolute atomic E-state index is 0.0108. The van der Waals surface area contributed by atoms with Crippen molar-refractivity contribution in [3.8, 4) is 41.0 Å². The predicted molar refractivity (Wildman–Crippen MR) is 172 cm³/mol. The summed E-state index contributed by atoms with van der Waals surface area (Å²) in [7, 11) is 0. The molecular formula is C35H32ClF2N5O3. The molecule has 8 nitrogen and oxygen atoms in total. The van der Waals surface area contributed by atoms with Gasteiger partial charge in [0.2, 0.25) is 0 Å². The summed E-state index contributed by atoms with van der Waals surface area (Å²) < 4.78 is 45.1. The smallest absolute Gasteiger partial charge is 0.319 e. The number of halogens is 3. The molecule has 0 amide bonds. The SMILES string of the molecule is C#Cc1c(F)ccc2cc(O)cc(-c3c(Cl)c4c5c(nc(OCC67CCCN6CCC7)nc5c3F)N3C[C@H]5CC[C@H](N5)[C@H]3CO4)c12. The van der Waals surface area contributed by atoms with Crippen molar-refractivity contribution in [2.45, 2.75) is 62.2 Å². The molecule has 6 heterocycles. The first-order valence-corrected chi connectivity index (χ1v) is 16.4. The largest absolute Gasteiger partial charge is 0.508 e. The summed E-state index contributed by atoms with van der Waals surface area (Å²) in [5.74, 6) is 1.64. The number of benzene rings is 3. The van der Waals surface area contributed by atoms with E-state index >= 15 is 8.78 Å². The molecule has 2 N–H and O–H groups in total. The Morgan fingerprint density at radius 1 is 1.15 bits per heavy atom. The molecule has 4 aromatic rings. The number of aromatic hydroxyl groups is 1. The number of hydrogen-bond acceptors (Lipinski definition) is 8. The quantitative estimate of drug-likeness (QED) is 0.271. The number of anilines is 1. The van der Waals surface area contributed by atoms with Crippen LogP contribution in [0.25, 0.3) is 32.8 Å². The molecule has 9 rings (SSSR count). The van der Waals surface area contributed by atoms with Crippen LogP contribution in [0.2, 0.25) is 5.02 Å². The van der Waals surface area contributed by atoms with Crippen molar-refractivity contribution < 1.29 is 23.4 Å². The van der Waals surface area contributed by atoms with Gasteiger partial charge in [0.1, 0.15) is 36.1 Å². The van der Waals surface area contributed by atoms with Crippen molar-refractivity contribution in [2.75, 3.05) is 37.7 Å². The molecule has 4 fully saturated rings. The standard InChI is InChI=1S/C35H32ClF2N5O3/c1-2-21-23(37)7-5-18-13-20(44)14-22(26(18)21)27-29(36)32-28-31(30(27)38)40-34(46-17-35-9-3-11-42(35)12-4-10-35)41-33(28)43-15-19-6-8-24(39-19)25(43)16-45-32/h1,5,7,13-14,19,24-25,39,44H,3-4,6,8-12,15-17H2/t19-,24+,25-/m1/s1. The molecule has 11 heteroatoms. The van der Waals surface area contributed by atoms with Crippen molar-refractivity contribution in [1.29, 1.82) is 0 Å². The maximum atomic E-state index is 17.2. The van der Waals surface area contributed by atoms with Crippen LogP contribution >= 0.6 is 11.6 Å². The summed E-state index contributed by atoms with van der Waals surface area (Å²) in [6.45, 7) is 3.49. The summed E-state index contributed by atoms with van der Waals surface area (Å²) in [6, 6.07) is 6.00. The van der Waals surface area contributed by atoms with Crippen LogP contribution in [0.3, 0.4) is 0 Å². The minimum atomic E-state index is -0.752. The van der Waals surface area contributed by atoms with Gasteiger partial charge in [-0.15, -0.1) is 6.42 Å². The highest BCUT2D eigenvalue weighted by atomic mass is 35.5. The number of nitrogens with one attached hydrogen (secondary N) is 1. The van der Waals surface area contributed by atoms with E-state index < -0.39 is 11.6 Å². The Morgan fingerprint density at radius 3 is 2.78 bits per heavy atom. The van der Waals surface area contributed by atoms with Gasteiger partial charge in [-0.1, -0.05) is 23.6 Å². The molecule has 236 valence electrons. The third-order valence-electron chi connectivity index (χ3n) is 10.9. The average Bonchev–Trinajstić information content (AvgIpc) is 3.72. The van der Waals surface area contributed by atoms with E-state index in [1.165, 1.54) is 24.3 Å². The van der Waals surface area contributed by atoms with Crippen LogP contribution in [0.5, 0.6) is 17.5 Å². The first-order chi connectivity index (χ1) is 22.3. The van der Waals surface area contributed by atoms with Crippen LogP contribution in [0.15, 0.2) is 24.3 Å². The van der Waals surface area contributed by atoms with Gasteiger partial charge in [0.05, 0.1) is 27.6 Å². The second-order valence-corrected chi connectivity index (χ2v) is 13.7. The highest BCUT2D eigenvalue weighted by Crippen LogP contribution is 2.51. The van der Waals surface area contributed by atoms with Crippen molar-refractivity contribution in [3.05, 3.63) is 46.5 Å². The number of aromatic nitrogens is 2. The van der Waals surface area contributed by atoms with E-state index in [0.717, 1.165) is 51.6 Å². The number of terminal acetylenes is 1. The Kier molecular flexibility index (Phi) is 6.34. The van der Waals surface area contributed by atoms with Crippen LogP contribution < -0.4 is 19.7 Å². The van der Waals surface area contributed by atoms with Crippen LogP contribution in [0.4, 0.5) is 14.6 Å². The summed E-state index contributed by atoms with van der Waals surface area (Å²) in [5, 5.41) is 15.5. The summed E-state index contributed by atoms with van der Waals surface area (Å²) in [6.07, 6.45) is 12.1. The molecule has 0 saturated carbocycles. The van der Waals surface area contributed by atoms with Crippen LogP contribution in [0.1, 0.15) is 44.1 Å². The molecule has 1 aromatic heterocycles. The molecule has 0 unspecified atom stereocenters. The van der Waals surface area contributed by atoms with Gasteiger partial charge in [0.25, 0.3) is 0 Å². The Hall–Kier alpha value is -3.91. The molecule has 0 spiro atoms. The second-order valence-electron chi connectivity index (χ2n) is 13.3. The van der Waals surface area contributed by atoms with Gasteiger partial charge in [-0.2, -0.15) is 9.97 Å². The molecule has 5 aliphatic heterocycles. The van der Waals surface area contributed by atoms with Crippen molar-refractivity contribution >= 4 is 39.1 Å². The van der Waals surface area contributed by atoms with Crippen LogP contribution in [0, 0.1) is 24.0 Å². The van der Waals surface area contributed by atoms with E-state index in [4.69, 9.17) is 32.5 Å². The van der Waals surface area contributed by atoms with E-state index in [-0.39, 0.29) is 73.8 Å². The van der Waals surface area contributed by atoms with Gasteiger partial charge in [0.15, 0.2) is 11.6 Å². The molecule has 3 aromatic carbocycles. The highest BCUT2D eigenvalue weighted by Gasteiger charge is 2.46. The average molecular weight is 644 g/mol. The number of piperazine rings is 1. The molecular weight excluding hydrogens is 612 g/mol. The van der Waals surface area contributed by atoms with Gasteiger partial charge >= 0.3 is 6.01 Å². The minimum Gasteiger partial charge on any atom is -0.508 e. The Bertz CT molecular complexity index is 1990. The lowest BCUT2D eigenvalue weighted by Gasteiger charge is -2.40. The maximum Gasteiger partial charge on any atom is 0.319 e. The molecule has 4 saturated heterocycles. The Balaban J connectivity index is 1.28. The second kappa shape index (κ2) is 10.3. The van der Waals surface area contributed by atoms with Crippen molar-refractivity contribution in [3.63, 3.8) is 0 Å². The lowest BCUT2D eigenvalue weighted by atomic mass is 9.92. The number of phenols is 1. The normalized spacial score (nSPS) is 24.5. The maximum absolute atomic E-state index is 17.2. The fraction of sp³-hybridized carbons (Fsp3) is 0.429. The van der Waals surface area contributed by atoms with E-state index in [2.05, 4.69) is 26.0 Å². The van der Waals surface area contributed by atoms with Crippen LogP contribution in [-0.2, 0) is 0 Å². The number of hydrogen-bond donors (Lipinski definition) is 2. The number of fused-ring (bicyclic) bond motifs is 7. The first-order valence-electron chi connectivity index (χ1n) is 16.0. The van der Waals surface area contributed by atoms with Crippen molar-refractivity contribution in [2.24, 2.45) is 0 Å². The highest BCUT2D eigenvalue weighted by molar-refractivity contribution is 6.37. The van der Waals surface area contributed by atoms with Gasteiger partial charge < -0.3 is 24.8 Å². The zero-order valence-corrected chi connectivity index (χ0v) is 25.8. The number of rotatable bonds is 4. The number of phenolic OH excluding ortho intramolecular Hbond substituents is 1.